The summed E-state index contributed by atoms with van der Waals surface area (Å²) in [6.45, 7) is 2.78. The molecule has 0 radical (unpaired) electrons. The first-order valence-corrected chi connectivity index (χ1v) is 8.46. The zero-order chi connectivity index (χ0) is 18.2. The molecule has 1 aromatic heterocycles. The van der Waals surface area contributed by atoms with Crippen molar-refractivity contribution in [1.82, 2.24) is 15.0 Å². The van der Waals surface area contributed by atoms with E-state index in [1.165, 1.54) is 6.42 Å². The summed E-state index contributed by atoms with van der Waals surface area (Å²) < 4.78 is 15.6. The molecule has 25 heavy (non-hydrogen) atoms. The highest BCUT2D eigenvalue weighted by atomic mass is 16.5. The Balaban J connectivity index is 2.39. The van der Waals surface area contributed by atoms with Gasteiger partial charge in [-0.3, -0.25) is 9.80 Å². The molecule has 2 atom stereocenters. The van der Waals surface area contributed by atoms with Gasteiger partial charge in [0.05, 0.1) is 0 Å². The van der Waals surface area contributed by atoms with Crippen LogP contribution in [0.25, 0.3) is 0 Å². The predicted molar refractivity (Wildman–Crippen MR) is 93.3 cm³/mol. The number of methoxy groups -OCH3 is 3. The molecule has 1 N–H and O–H groups in total. The summed E-state index contributed by atoms with van der Waals surface area (Å²) in [6.07, 6.45) is 3.28. The summed E-state index contributed by atoms with van der Waals surface area (Å²) in [4.78, 5) is 17.1. The summed E-state index contributed by atoms with van der Waals surface area (Å²) in [5, 5.41) is 9.63. The minimum atomic E-state index is -0.244. The topological polar surface area (TPSA) is 93.1 Å². The SMILES string of the molecule is COCN(CO)c1nc(C2CCC(C)C2)nc(N(COC)COC)n1. The molecule has 2 unspecified atom stereocenters. The molecular weight excluding hydrogens is 326 g/mol. The lowest BCUT2D eigenvalue weighted by Gasteiger charge is -2.25. The first-order chi connectivity index (χ1) is 12.1. The molecule has 0 spiro atoms. The smallest absolute Gasteiger partial charge is 0.234 e. The van der Waals surface area contributed by atoms with E-state index in [2.05, 4.69) is 21.9 Å². The van der Waals surface area contributed by atoms with E-state index in [9.17, 15) is 5.11 Å². The Labute approximate surface area is 148 Å². The second-order valence-electron chi connectivity index (χ2n) is 6.38. The third-order valence-electron chi connectivity index (χ3n) is 4.28. The van der Waals surface area contributed by atoms with Gasteiger partial charge in [-0.15, -0.1) is 0 Å². The highest BCUT2D eigenvalue weighted by Crippen LogP contribution is 2.37. The van der Waals surface area contributed by atoms with Crippen LogP contribution in [-0.2, 0) is 14.2 Å². The first-order valence-electron chi connectivity index (χ1n) is 8.46. The molecule has 9 heteroatoms. The van der Waals surface area contributed by atoms with Crippen LogP contribution in [0.15, 0.2) is 0 Å². The standard InChI is InChI=1S/C16H29N5O4/c1-12-5-6-13(7-12)14-17-15(20(8-22)9-23-2)19-16(18-14)21(10-24-3)11-25-4/h12-13,22H,5-11H2,1-4H3. The average Bonchev–Trinajstić information content (AvgIpc) is 3.05. The van der Waals surface area contributed by atoms with E-state index in [0.29, 0.717) is 37.2 Å². The van der Waals surface area contributed by atoms with Crippen molar-refractivity contribution in [2.45, 2.75) is 32.1 Å². The number of aliphatic hydroxyl groups is 1. The van der Waals surface area contributed by atoms with Crippen molar-refractivity contribution in [3.05, 3.63) is 5.82 Å². The van der Waals surface area contributed by atoms with Crippen LogP contribution in [-0.4, -0.2) is 68.3 Å². The summed E-state index contributed by atoms with van der Waals surface area (Å²) in [7, 11) is 4.77. The van der Waals surface area contributed by atoms with Gasteiger partial charge in [0.2, 0.25) is 11.9 Å². The van der Waals surface area contributed by atoms with Gasteiger partial charge in [0.1, 0.15) is 32.7 Å². The third-order valence-corrected chi connectivity index (χ3v) is 4.28. The summed E-state index contributed by atoms with van der Waals surface area (Å²) in [5.41, 5.74) is 0. The Bertz CT molecular complexity index is 505. The molecule has 1 saturated carbocycles. The van der Waals surface area contributed by atoms with Gasteiger partial charge in [-0.1, -0.05) is 6.92 Å². The Morgan fingerprint density at radius 1 is 0.920 bits per heavy atom. The van der Waals surface area contributed by atoms with Crippen molar-refractivity contribution < 1.29 is 19.3 Å². The molecule has 1 heterocycles. The highest BCUT2D eigenvalue weighted by Gasteiger charge is 2.27. The third kappa shape index (κ3) is 5.21. The zero-order valence-electron chi connectivity index (χ0n) is 15.5. The average molecular weight is 355 g/mol. The van der Waals surface area contributed by atoms with Crippen LogP contribution in [0, 0.1) is 5.92 Å². The molecular formula is C16H29N5O4. The predicted octanol–water partition coefficient (Wildman–Crippen LogP) is 1.15. The van der Waals surface area contributed by atoms with E-state index < -0.39 is 0 Å². The molecule has 142 valence electrons. The molecule has 0 saturated heterocycles. The van der Waals surface area contributed by atoms with Crippen molar-refractivity contribution in [2.24, 2.45) is 5.92 Å². The van der Waals surface area contributed by atoms with Gasteiger partial charge in [-0.05, 0) is 25.2 Å². The number of ether oxygens (including phenoxy) is 3. The second kappa shape index (κ2) is 9.81. The molecule has 0 aromatic carbocycles. The normalized spacial score (nSPS) is 20.0. The van der Waals surface area contributed by atoms with E-state index in [4.69, 9.17) is 14.2 Å². The van der Waals surface area contributed by atoms with Gasteiger partial charge in [0.15, 0.2) is 0 Å². The van der Waals surface area contributed by atoms with E-state index in [1.807, 2.05) is 0 Å². The Morgan fingerprint density at radius 3 is 1.96 bits per heavy atom. The van der Waals surface area contributed by atoms with Crippen LogP contribution >= 0.6 is 0 Å². The van der Waals surface area contributed by atoms with Crippen LogP contribution in [0.5, 0.6) is 0 Å². The van der Waals surface area contributed by atoms with Crippen molar-refractivity contribution >= 4 is 11.9 Å². The molecule has 0 aliphatic heterocycles. The fourth-order valence-electron chi connectivity index (χ4n) is 3.06. The van der Waals surface area contributed by atoms with Gasteiger partial charge >= 0.3 is 0 Å². The number of aliphatic hydroxyl groups excluding tert-OH is 1. The summed E-state index contributed by atoms with van der Waals surface area (Å²) in [5.74, 6) is 2.57. The van der Waals surface area contributed by atoms with Crippen LogP contribution in [0.1, 0.15) is 37.9 Å². The maximum absolute atomic E-state index is 9.63. The number of rotatable bonds is 10. The Morgan fingerprint density at radius 2 is 1.48 bits per heavy atom. The lowest BCUT2D eigenvalue weighted by Crippen LogP contribution is -2.33. The van der Waals surface area contributed by atoms with Crippen LogP contribution < -0.4 is 9.80 Å². The number of nitrogens with zero attached hydrogens (tertiary/aromatic N) is 5. The van der Waals surface area contributed by atoms with Crippen LogP contribution in [0.4, 0.5) is 11.9 Å². The second-order valence-corrected chi connectivity index (χ2v) is 6.38. The minimum absolute atomic E-state index is 0.190. The lowest BCUT2D eigenvalue weighted by molar-refractivity contribution is 0.138. The Kier molecular flexibility index (Phi) is 7.76. The Hall–Kier alpha value is -1.55. The fraction of sp³-hybridized carbons (Fsp3) is 0.812. The van der Waals surface area contributed by atoms with Crippen LogP contribution in [0.2, 0.25) is 0 Å². The molecule has 2 rings (SSSR count). The first kappa shape index (κ1) is 19.8. The summed E-state index contributed by atoms with van der Waals surface area (Å²) in [6, 6.07) is 0. The molecule has 0 bridgehead atoms. The number of anilines is 2. The molecule has 0 amide bonds. The quantitative estimate of drug-likeness (QED) is 0.620. The van der Waals surface area contributed by atoms with Gasteiger partial charge in [0.25, 0.3) is 0 Å². The van der Waals surface area contributed by atoms with Crippen molar-refractivity contribution in [3.63, 3.8) is 0 Å². The molecule has 1 fully saturated rings. The van der Waals surface area contributed by atoms with E-state index in [1.54, 1.807) is 31.1 Å². The number of hydrogen-bond acceptors (Lipinski definition) is 9. The van der Waals surface area contributed by atoms with Gasteiger partial charge in [0, 0.05) is 27.2 Å². The maximum Gasteiger partial charge on any atom is 0.234 e. The highest BCUT2D eigenvalue weighted by molar-refractivity contribution is 5.38. The van der Waals surface area contributed by atoms with Crippen molar-refractivity contribution in [3.8, 4) is 0 Å². The fourth-order valence-corrected chi connectivity index (χ4v) is 3.06. The molecule has 1 aliphatic carbocycles. The number of aromatic nitrogens is 3. The monoisotopic (exact) mass is 355 g/mol. The molecule has 1 aliphatic rings. The van der Waals surface area contributed by atoms with Crippen molar-refractivity contribution in [1.29, 1.82) is 0 Å². The van der Waals surface area contributed by atoms with Gasteiger partial charge in [-0.2, -0.15) is 15.0 Å². The largest absolute Gasteiger partial charge is 0.376 e. The number of hydrogen-bond donors (Lipinski definition) is 1. The zero-order valence-corrected chi connectivity index (χ0v) is 15.5. The molecule has 1 aromatic rings. The van der Waals surface area contributed by atoms with Crippen molar-refractivity contribution in [2.75, 3.05) is 58.1 Å². The van der Waals surface area contributed by atoms with E-state index >= 15 is 0 Å². The van der Waals surface area contributed by atoms with Gasteiger partial charge in [-0.25, -0.2) is 0 Å². The van der Waals surface area contributed by atoms with Gasteiger partial charge < -0.3 is 19.3 Å². The summed E-state index contributed by atoms with van der Waals surface area (Å²) >= 11 is 0. The lowest BCUT2D eigenvalue weighted by atomic mass is 10.1. The maximum atomic E-state index is 9.63. The molecule has 9 nitrogen and oxygen atoms in total. The van der Waals surface area contributed by atoms with E-state index in [0.717, 1.165) is 18.7 Å². The van der Waals surface area contributed by atoms with Crippen LogP contribution in [0.3, 0.4) is 0 Å². The van der Waals surface area contributed by atoms with E-state index in [-0.39, 0.29) is 13.5 Å². The minimum Gasteiger partial charge on any atom is -0.376 e.